The van der Waals surface area contributed by atoms with Gasteiger partial charge in [-0.3, -0.25) is 4.79 Å². The Kier molecular flexibility index (Phi) is 3.28. The summed E-state index contributed by atoms with van der Waals surface area (Å²) in [5.41, 5.74) is 14.6. The maximum absolute atomic E-state index is 12.1. The summed E-state index contributed by atoms with van der Waals surface area (Å²) in [5, 5.41) is 0. The number of hydrogen-bond donors (Lipinski definition) is 2. The predicted octanol–water partition coefficient (Wildman–Crippen LogP) is 1.36. The normalized spacial score (nSPS) is 22.2. The zero-order valence-corrected chi connectivity index (χ0v) is 11.9. The van der Waals surface area contributed by atoms with Crippen molar-refractivity contribution in [3.8, 4) is 0 Å². The Labute approximate surface area is 119 Å². The number of nitrogens with two attached hydrogens (primary N) is 2. The fraction of sp³-hybridized carbons (Fsp3) is 0.600. The van der Waals surface area contributed by atoms with Crippen LogP contribution in [0, 0.1) is 18.8 Å². The molecule has 1 aromatic heterocycles. The highest BCUT2D eigenvalue weighted by atomic mass is 16.2. The highest BCUT2D eigenvalue weighted by Gasteiger charge is 2.36. The van der Waals surface area contributed by atoms with Gasteiger partial charge in [-0.15, -0.1) is 0 Å². The van der Waals surface area contributed by atoms with E-state index in [4.69, 9.17) is 11.5 Å². The van der Waals surface area contributed by atoms with Gasteiger partial charge in [0, 0.05) is 25.2 Å². The third kappa shape index (κ3) is 2.44. The first-order valence-electron chi connectivity index (χ1n) is 7.34. The van der Waals surface area contributed by atoms with Crippen LogP contribution in [0.2, 0.25) is 0 Å². The van der Waals surface area contributed by atoms with E-state index in [-0.39, 0.29) is 0 Å². The Morgan fingerprint density at radius 3 is 2.85 bits per heavy atom. The molecule has 0 unspecified atom stereocenters. The van der Waals surface area contributed by atoms with Crippen LogP contribution in [0.1, 0.15) is 30.4 Å². The number of anilines is 2. The Morgan fingerprint density at radius 2 is 2.15 bits per heavy atom. The second-order valence-electron chi connectivity index (χ2n) is 6.14. The monoisotopic (exact) mass is 274 g/mol. The fourth-order valence-corrected chi connectivity index (χ4v) is 3.03. The van der Waals surface area contributed by atoms with Crippen molar-refractivity contribution in [2.75, 3.05) is 24.6 Å². The average Bonchev–Trinajstić information content (AvgIpc) is 3.18. The summed E-state index contributed by atoms with van der Waals surface area (Å²) in [6.45, 7) is 3.76. The van der Waals surface area contributed by atoms with Crippen molar-refractivity contribution in [2.24, 2.45) is 11.8 Å². The van der Waals surface area contributed by atoms with E-state index in [2.05, 4.69) is 4.98 Å². The van der Waals surface area contributed by atoms with E-state index in [9.17, 15) is 4.79 Å². The zero-order chi connectivity index (χ0) is 14.3. The van der Waals surface area contributed by atoms with Crippen LogP contribution in [0.4, 0.5) is 11.5 Å². The van der Waals surface area contributed by atoms with Crippen molar-refractivity contribution in [3.05, 3.63) is 17.3 Å². The highest BCUT2D eigenvalue weighted by Crippen LogP contribution is 2.34. The molecule has 0 bridgehead atoms. The molecular weight excluding hydrogens is 252 g/mol. The molecule has 108 valence electrons. The van der Waals surface area contributed by atoms with Crippen LogP contribution in [0.3, 0.4) is 0 Å². The minimum atomic E-state index is 0.317. The molecule has 1 aromatic rings. The third-order valence-electron chi connectivity index (χ3n) is 4.49. The topological polar surface area (TPSA) is 85.2 Å². The van der Waals surface area contributed by atoms with E-state index >= 15 is 0 Å². The summed E-state index contributed by atoms with van der Waals surface area (Å²) in [5.74, 6) is 1.57. The van der Waals surface area contributed by atoms with Gasteiger partial charge >= 0.3 is 0 Å². The molecule has 1 saturated carbocycles. The van der Waals surface area contributed by atoms with Gasteiger partial charge in [0.2, 0.25) is 5.91 Å². The summed E-state index contributed by atoms with van der Waals surface area (Å²) in [6.07, 6.45) is 5.88. The number of likely N-dealkylation sites (tertiary alicyclic amines) is 1. The van der Waals surface area contributed by atoms with Crippen molar-refractivity contribution >= 4 is 17.4 Å². The van der Waals surface area contributed by atoms with Gasteiger partial charge in [0.15, 0.2) is 0 Å². The number of hydrogen-bond acceptors (Lipinski definition) is 4. The molecule has 5 nitrogen and oxygen atoms in total. The van der Waals surface area contributed by atoms with Gasteiger partial charge in [0.25, 0.3) is 0 Å². The summed E-state index contributed by atoms with van der Waals surface area (Å²) in [4.78, 5) is 18.2. The lowest BCUT2D eigenvalue weighted by molar-refractivity contribution is -0.131. The van der Waals surface area contributed by atoms with E-state index in [1.165, 1.54) is 0 Å². The lowest BCUT2D eigenvalue weighted by Gasteiger charge is -2.17. The summed E-state index contributed by atoms with van der Waals surface area (Å²) >= 11 is 0. The quantitative estimate of drug-likeness (QED) is 0.871. The van der Waals surface area contributed by atoms with Crippen LogP contribution >= 0.6 is 0 Å². The molecule has 0 radical (unpaired) electrons. The first kappa shape index (κ1) is 13.2. The maximum Gasteiger partial charge on any atom is 0.225 e. The molecule has 1 amide bonds. The Hall–Kier alpha value is -1.78. The third-order valence-corrected chi connectivity index (χ3v) is 4.49. The Morgan fingerprint density at radius 1 is 1.40 bits per heavy atom. The second kappa shape index (κ2) is 4.96. The Balaban J connectivity index is 1.67. The van der Waals surface area contributed by atoms with Gasteiger partial charge < -0.3 is 16.4 Å². The standard InChI is InChI=1S/C15H22N4O/c1-9-7-18-14(17)13(16)12(9)6-10-4-5-19(8-10)15(20)11-2-3-11/h7,10-11H,2-6,8,16H2,1H3,(H2,17,18)/t10-/m1/s1. The fourth-order valence-electron chi connectivity index (χ4n) is 3.03. The van der Waals surface area contributed by atoms with E-state index in [1.807, 2.05) is 11.8 Å². The average molecular weight is 274 g/mol. The highest BCUT2D eigenvalue weighted by molar-refractivity contribution is 5.81. The number of pyridine rings is 1. The van der Waals surface area contributed by atoms with Crippen molar-refractivity contribution in [1.82, 2.24) is 9.88 Å². The number of carbonyl (C=O) groups excluding carboxylic acids is 1. The first-order valence-corrected chi connectivity index (χ1v) is 7.34. The molecule has 5 heteroatoms. The van der Waals surface area contributed by atoms with Crippen molar-refractivity contribution in [2.45, 2.75) is 32.6 Å². The van der Waals surface area contributed by atoms with Crippen LogP contribution in [-0.4, -0.2) is 28.9 Å². The maximum atomic E-state index is 12.1. The first-order chi connectivity index (χ1) is 9.56. The predicted molar refractivity (Wildman–Crippen MR) is 78.9 cm³/mol. The molecule has 3 rings (SSSR count). The zero-order valence-electron chi connectivity index (χ0n) is 11.9. The number of rotatable bonds is 3. The molecule has 0 aromatic carbocycles. The molecule has 1 saturated heterocycles. The summed E-state index contributed by atoms with van der Waals surface area (Å²) in [6, 6.07) is 0. The van der Waals surface area contributed by atoms with E-state index in [0.717, 1.165) is 49.9 Å². The Bertz CT molecular complexity index is 539. The molecule has 2 fully saturated rings. The van der Waals surface area contributed by atoms with Gasteiger partial charge in [-0.05, 0) is 49.7 Å². The second-order valence-corrected chi connectivity index (χ2v) is 6.14. The lowest BCUT2D eigenvalue weighted by atomic mass is 9.95. The molecular formula is C15H22N4O. The van der Waals surface area contributed by atoms with Gasteiger partial charge in [-0.25, -0.2) is 4.98 Å². The minimum absolute atomic E-state index is 0.317. The van der Waals surface area contributed by atoms with Gasteiger partial charge in [-0.2, -0.15) is 0 Å². The van der Waals surface area contributed by atoms with Crippen LogP contribution in [-0.2, 0) is 11.2 Å². The molecule has 1 aliphatic heterocycles. The minimum Gasteiger partial charge on any atom is -0.396 e. The lowest BCUT2D eigenvalue weighted by Crippen LogP contribution is -2.30. The number of aryl methyl sites for hydroxylation is 1. The van der Waals surface area contributed by atoms with E-state index < -0.39 is 0 Å². The number of amides is 1. The van der Waals surface area contributed by atoms with Gasteiger partial charge in [-0.1, -0.05) is 0 Å². The molecule has 0 spiro atoms. The number of nitrogens with zero attached hydrogens (tertiary/aromatic N) is 2. The molecule has 2 heterocycles. The largest absolute Gasteiger partial charge is 0.396 e. The van der Waals surface area contributed by atoms with Crippen molar-refractivity contribution < 1.29 is 4.79 Å². The number of nitrogen functional groups attached to an aromatic ring is 2. The van der Waals surface area contributed by atoms with Crippen LogP contribution < -0.4 is 11.5 Å². The van der Waals surface area contributed by atoms with Gasteiger partial charge in [0.1, 0.15) is 5.82 Å². The molecule has 20 heavy (non-hydrogen) atoms. The summed E-state index contributed by atoms with van der Waals surface area (Å²) in [7, 11) is 0. The van der Waals surface area contributed by atoms with E-state index in [0.29, 0.717) is 29.2 Å². The van der Waals surface area contributed by atoms with Crippen LogP contribution in [0.15, 0.2) is 6.20 Å². The van der Waals surface area contributed by atoms with Crippen molar-refractivity contribution in [1.29, 1.82) is 0 Å². The number of aromatic nitrogens is 1. The van der Waals surface area contributed by atoms with Crippen molar-refractivity contribution in [3.63, 3.8) is 0 Å². The van der Waals surface area contributed by atoms with Gasteiger partial charge in [0.05, 0.1) is 5.69 Å². The smallest absolute Gasteiger partial charge is 0.225 e. The number of carbonyl (C=O) groups is 1. The SMILES string of the molecule is Cc1cnc(N)c(N)c1C[C@H]1CCN(C(=O)C2CC2)C1. The molecule has 1 atom stereocenters. The molecule has 1 aliphatic carbocycles. The van der Waals surface area contributed by atoms with Crippen LogP contribution in [0.25, 0.3) is 0 Å². The van der Waals surface area contributed by atoms with E-state index in [1.54, 1.807) is 6.20 Å². The molecule has 2 aliphatic rings. The summed E-state index contributed by atoms with van der Waals surface area (Å²) < 4.78 is 0. The molecule has 4 N–H and O–H groups in total. The van der Waals surface area contributed by atoms with Crippen LogP contribution in [0.5, 0.6) is 0 Å².